The minimum absolute atomic E-state index is 0.180. The number of methoxy groups -OCH3 is 1. The van der Waals surface area contributed by atoms with E-state index >= 15 is 0 Å². The van der Waals surface area contributed by atoms with Crippen molar-refractivity contribution in [2.45, 2.75) is 20.4 Å². The Hall–Kier alpha value is -3.35. The lowest BCUT2D eigenvalue weighted by atomic mass is 10.1. The minimum atomic E-state index is -0.222. The summed E-state index contributed by atoms with van der Waals surface area (Å²) in [5.41, 5.74) is 1.75. The average Bonchev–Trinajstić information content (AvgIpc) is 3.01. The Labute approximate surface area is 156 Å². The van der Waals surface area contributed by atoms with E-state index in [1.165, 1.54) is 17.0 Å². The molecule has 3 rings (SSSR count). The first-order chi connectivity index (χ1) is 13.0. The smallest absolute Gasteiger partial charge is 0.254 e. The number of aryl methyl sites for hydroxylation is 2. The third kappa shape index (κ3) is 4.25. The number of hydrogen-bond acceptors (Lipinski definition) is 5. The van der Waals surface area contributed by atoms with Gasteiger partial charge < -0.3 is 14.5 Å². The number of hydrogen-bond donors (Lipinski definition) is 1. The van der Waals surface area contributed by atoms with Gasteiger partial charge in [0.05, 0.1) is 24.7 Å². The van der Waals surface area contributed by atoms with Crippen molar-refractivity contribution in [1.82, 2.24) is 14.9 Å². The van der Waals surface area contributed by atoms with E-state index in [1.807, 2.05) is 24.3 Å². The first kappa shape index (κ1) is 18.4. The van der Waals surface area contributed by atoms with Gasteiger partial charge >= 0.3 is 0 Å². The van der Waals surface area contributed by atoms with E-state index in [1.54, 1.807) is 27.0 Å². The van der Waals surface area contributed by atoms with Crippen LogP contribution in [-0.2, 0) is 6.54 Å². The Morgan fingerprint density at radius 1 is 1.22 bits per heavy atom. The van der Waals surface area contributed by atoms with Crippen LogP contribution in [0.5, 0.6) is 5.75 Å². The highest BCUT2D eigenvalue weighted by molar-refractivity contribution is 5.95. The molecule has 2 heterocycles. The van der Waals surface area contributed by atoms with Crippen molar-refractivity contribution in [3.05, 3.63) is 70.2 Å². The second-order valence-corrected chi connectivity index (χ2v) is 6.12. The van der Waals surface area contributed by atoms with Crippen LogP contribution in [0.4, 0.5) is 0 Å². The van der Waals surface area contributed by atoms with Crippen LogP contribution in [0.25, 0.3) is 11.3 Å². The fraction of sp³-hybridized carbons (Fsp3) is 0.250. The normalized spacial score (nSPS) is 10.6. The molecule has 140 valence electrons. The maximum atomic E-state index is 12.3. The summed E-state index contributed by atoms with van der Waals surface area (Å²) in [6.45, 7) is 4.18. The summed E-state index contributed by atoms with van der Waals surface area (Å²) in [6.07, 6.45) is 1.49. The molecule has 0 unspecified atom stereocenters. The molecule has 3 aromatic rings. The topological polar surface area (TPSA) is 86.4 Å². The maximum absolute atomic E-state index is 12.3. The molecular formula is C20H21N3O4. The Bertz CT molecular complexity index is 1000. The molecule has 0 spiro atoms. The van der Waals surface area contributed by atoms with Crippen molar-refractivity contribution in [2.24, 2.45) is 0 Å². The second kappa shape index (κ2) is 7.90. The SMILES string of the molecule is COc1ccc(-c2cc(=O)n(CCNC(=O)c3cc(C)oc3C)cn2)cc1. The van der Waals surface area contributed by atoms with Gasteiger partial charge in [-0.1, -0.05) is 0 Å². The highest BCUT2D eigenvalue weighted by Gasteiger charge is 2.13. The standard InChI is InChI=1S/C20H21N3O4/c1-13-10-17(14(2)27-13)20(25)21-8-9-23-12-22-18(11-19(23)24)15-4-6-16(26-3)7-5-15/h4-7,10-12H,8-9H2,1-3H3,(H,21,25). The van der Waals surface area contributed by atoms with E-state index in [-0.39, 0.29) is 11.5 Å². The number of nitrogens with one attached hydrogen (secondary N) is 1. The number of furan rings is 1. The molecule has 7 heteroatoms. The van der Waals surface area contributed by atoms with Gasteiger partial charge in [0, 0.05) is 24.7 Å². The van der Waals surface area contributed by atoms with Crippen LogP contribution in [0, 0.1) is 13.8 Å². The number of ether oxygens (including phenoxy) is 1. The lowest BCUT2D eigenvalue weighted by Gasteiger charge is -2.08. The number of carbonyl (C=O) groups excluding carboxylic acids is 1. The van der Waals surface area contributed by atoms with Crippen molar-refractivity contribution in [2.75, 3.05) is 13.7 Å². The van der Waals surface area contributed by atoms with Crippen molar-refractivity contribution >= 4 is 5.91 Å². The second-order valence-electron chi connectivity index (χ2n) is 6.12. The number of nitrogens with zero attached hydrogens (tertiary/aromatic N) is 2. The molecule has 0 fully saturated rings. The number of aromatic nitrogens is 2. The first-order valence-electron chi connectivity index (χ1n) is 8.54. The van der Waals surface area contributed by atoms with Crippen LogP contribution in [0.1, 0.15) is 21.9 Å². The molecule has 0 atom stereocenters. The van der Waals surface area contributed by atoms with Gasteiger partial charge in [0.15, 0.2) is 0 Å². The van der Waals surface area contributed by atoms with Crippen LogP contribution in [0.15, 0.2) is 51.9 Å². The lowest BCUT2D eigenvalue weighted by Crippen LogP contribution is -2.30. The van der Waals surface area contributed by atoms with Crippen LogP contribution in [0.3, 0.4) is 0 Å². The molecule has 0 aliphatic heterocycles. The average molecular weight is 367 g/mol. The van der Waals surface area contributed by atoms with Crippen LogP contribution < -0.4 is 15.6 Å². The summed E-state index contributed by atoms with van der Waals surface area (Å²) in [5.74, 6) is 1.78. The third-order valence-electron chi connectivity index (χ3n) is 4.19. The molecule has 1 N–H and O–H groups in total. The molecule has 0 aliphatic rings. The largest absolute Gasteiger partial charge is 0.497 e. The molecule has 0 radical (unpaired) electrons. The van der Waals surface area contributed by atoms with Gasteiger partial charge in [-0.25, -0.2) is 4.98 Å². The summed E-state index contributed by atoms with van der Waals surface area (Å²) in [7, 11) is 1.60. The van der Waals surface area contributed by atoms with Gasteiger partial charge in [-0.3, -0.25) is 14.2 Å². The van der Waals surface area contributed by atoms with E-state index in [2.05, 4.69) is 10.3 Å². The van der Waals surface area contributed by atoms with Crippen molar-refractivity contribution in [1.29, 1.82) is 0 Å². The molecule has 0 saturated heterocycles. The van der Waals surface area contributed by atoms with Crippen LogP contribution >= 0.6 is 0 Å². The Balaban J connectivity index is 1.63. The fourth-order valence-electron chi connectivity index (χ4n) is 2.75. The van der Waals surface area contributed by atoms with E-state index in [9.17, 15) is 9.59 Å². The van der Waals surface area contributed by atoms with Gasteiger partial charge in [0.25, 0.3) is 11.5 Å². The molecule has 0 bridgehead atoms. The summed E-state index contributed by atoms with van der Waals surface area (Å²) in [6, 6.07) is 10.5. The summed E-state index contributed by atoms with van der Waals surface area (Å²) in [5, 5.41) is 2.79. The molecular weight excluding hydrogens is 346 g/mol. The first-order valence-corrected chi connectivity index (χ1v) is 8.54. The number of rotatable bonds is 6. The monoisotopic (exact) mass is 367 g/mol. The molecule has 1 aromatic carbocycles. The molecule has 7 nitrogen and oxygen atoms in total. The van der Waals surface area contributed by atoms with Gasteiger partial charge in [-0.05, 0) is 44.2 Å². The molecule has 1 amide bonds. The third-order valence-corrected chi connectivity index (χ3v) is 4.19. The number of carbonyl (C=O) groups is 1. The summed E-state index contributed by atoms with van der Waals surface area (Å²) < 4.78 is 11.9. The van der Waals surface area contributed by atoms with Crippen LogP contribution in [-0.4, -0.2) is 29.1 Å². The van der Waals surface area contributed by atoms with Crippen molar-refractivity contribution in [3.63, 3.8) is 0 Å². The minimum Gasteiger partial charge on any atom is -0.497 e. The number of amides is 1. The van der Waals surface area contributed by atoms with E-state index in [0.717, 1.165) is 11.3 Å². The Morgan fingerprint density at radius 3 is 2.56 bits per heavy atom. The molecule has 27 heavy (non-hydrogen) atoms. The van der Waals surface area contributed by atoms with Crippen molar-refractivity contribution in [3.8, 4) is 17.0 Å². The Morgan fingerprint density at radius 2 is 1.96 bits per heavy atom. The van der Waals surface area contributed by atoms with E-state index in [4.69, 9.17) is 9.15 Å². The molecule has 0 saturated carbocycles. The number of benzene rings is 1. The lowest BCUT2D eigenvalue weighted by molar-refractivity contribution is 0.0950. The van der Waals surface area contributed by atoms with Gasteiger partial charge in [-0.2, -0.15) is 0 Å². The zero-order valence-electron chi connectivity index (χ0n) is 15.5. The Kier molecular flexibility index (Phi) is 5.40. The predicted octanol–water partition coefficient (Wildman–Crippen LogP) is 2.56. The quantitative estimate of drug-likeness (QED) is 0.724. The molecule has 2 aromatic heterocycles. The maximum Gasteiger partial charge on any atom is 0.254 e. The predicted molar refractivity (Wildman–Crippen MR) is 101 cm³/mol. The summed E-state index contributed by atoms with van der Waals surface area (Å²) >= 11 is 0. The van der Waals surface area contributed by atoms with E-state index in [0.29, 0.717) is 35.9 Å². The highest BCUT2D eigenvalue weighted by Crippen LogP contribution is 2.19. The van der Waals surface area contributed by atoms with Gasteiger partial charge in [-0.15, -0.1) is 0 Å². The fourth-order valence-corrected chi connectivity index (χ4v) is 2.75. The summed E-state index contributed by atoms with van der Waals surface area (Å²) in [4.78, 5) is 28.8. The van der Waals surface area contributed by atoms with Crippen LogP contribution in [0.2, 0.25) is 0 Å². The van der Waals surface area contributed by atoms with Gasteiger partial charge in [0.2, 0.25) is 0 Å². The molecule has 0 aliphatic carbocycles. The van der Waals surface area contributed by atoms with Crippen molar-refractivity contribution < 1.29 is 13.9 Å². The zero-order valence-corrected chi connectivity index (χ0v) is 15.5. The zero-order chi connectivity index (χ0) is 19.4. The highest BCUT2D eigenvalue weighted by atomic mass is 16.5. The van der Waals surface area contributed by atoms with E-state index < -0.39 is 0 Å². The van der Waals surface area contributed by atoms with Gasteiger partial charge in [0.1, 0.15) is 17.3 Å².